The van der Waals surface area contributed by atoms with Gasteiger partial charge in [0.1, 0.15) is 48.8 Å². The largest absolute Gasteiger partial charge is 0.394 e. The highest BCUT2D eigenvalue weighted by Gasteiger charge is 2.51. The van der Waals surface area contributed by atoms with Crippen LogP contribution in [0.5, 0.6) is 0 Å². The maximum absolute atomic E-state index is 13.3. The van der Waals surface area contributed by atoms with Crippen LogP contribution in [0, 0.1) is 0 Å². The zero-order chi connectivity index (χ0) is 56.0. The molecule has 12 unspecified atom stereocenters. The van der Waals surface area contributed by atoms with Crippen LogP contribution in [0.1, 0.15) is 251 Å². The Labute approximate surface area is 467 Å². The SMILES string of the molecule is CCCCCC/C=C\C/C=C\CCCCCCCCCC(=O)NC(COC1OC(CO)C(OC2OC(CO)C(O)C(O)C2O)C(O)C1O)C(O)/C=C/CC/C=C/CCCCCCCCCCCCCCCCCCCCC. The number of hydrogen-bond donors (Lipinski definition) is 9. The molecule has 77 heavy (non-hydrogen) atoms. The van der Waals surface area contributed by atoms with E-state index in [-0.39, 0.29) is 18.9 Å². The first kappa shape index (κ1) is 71.1. The Balaban J connectivity index is 1.76. The van der Waals surface area contributed by atoms with Gasteiger partial charge in [0, 0.05) is 6.42 Å². The normalized spacial score (nSPS) is 25.0. The molecule has 14 heteroatoms. The van der Waals surface area contributed by atoms with Crippen LogP contribution in [0.4, 0.5) is 0 Å². The van der Waals surface area contributed by atoms with Crippen LogP contribution in [0.25, 0.3) is 0 Å². The second kappa shape index (κ2) is 48.6. The average Bonchev–Trinajstić information content (AvgIpc) is 3.44. The summed E-state index contributed by atoms with van der Waals surface area (Å²) in [5, 5.41) is 87.2. The molecule has 0 aromatic heterocycles. The van der Waals surface area contributed by atoms with E-state index in [0.29, 0.717) is 12.8 Å². The van der Waals surface area contributed by atoms with Crippen LogP contribution < -0.4 is 5.32 Å². The number of unbranched alkanes of at least 4 members (excludes halogenated alkanes) is 31. The Morgan fingerprint density at radius 2 is 0.870 bits per heavy atom. The number of ether oxygens (including phenoxy) is 4. The molecule has 1 amide bonds. The molecular weight excluding hydrogens is 979 g/mol. The van der Waals surface area contributed by atoms with Crippen LogP contribution in [0.3, 0.4) is 0 Å². The molecule has 0 bridgehead atoms. The topological polar surface area (TPSA) is 228 Å². The van der Waals surface area contributed by atoms with Gasteiger partial charge in [-0.3, -0.25) is 4.79 Å². The number of aliphatic hydroxyl groups is 8. The van der Waals surface area contributed by atoms with Gasteiger partial charge in [0.15, 0.2) is 12.6 Å². The molecule has 2 aliphatic heterocycles. The van der Waals surface area contributed by atoms with Crippen molar-refractivity contribution in [2.24, 2.45) is 0 Å². The Bertz CT molecular complexity index is 1480. The molecule has 0 aliphatic carbocycles. The van der Waals surface area contributed by atoms with Gasteiger partial charge in [0.05, 0.1) is 32.0 Å². The van der Waals surface area contributed by atoms with E-state index in [1.54, 1.807) is 6.08 Å². The van der Waals surface area contributed by atoms with E-state index in [1.807, 2.05) is 6.08 Å². The lowest BCUT2D eigenvalue weighted by atomic mass is 9.97. The molecule has 0 radical (unpaired) electrons. The number of rotatable bonds is 50. The first-order valence-corrected chi connectivity index (χ1v) is 31.4. The fourth-order valence-electron chi connectivity index (χ4n) is 10.2. The summed E-state index contributed by atoms with van der Waals surface area (Å²) >= 11 is 0. The molecule has 0 spiro atoms. The first-order chi connectivity index (χ1) is 37.6. The third-order valence-corrected chi connectivity index (χ3v) is 15.2. The summed E-state index contributed by atoms with van der Waals surface area (Å²) in [6, 6.07) is -0.937. The molecule has 2 heterocycles. The third-order valence-electron chi connectivity index (χ3n) is 15.2. The van der Waals surface area contributed by atoms with Gasteiger partial charge < -0.3 is 65.1 Å². The van der Waals surface area contributed by atoms with Crippen molar-refractivity contribution in [1.29, 1.82) is 0 Å². The summed E-state index contributed by atoms with van der Waals surface area (Å²) in [6.07, 6.45) is 44.4. The minimum Gasteiger partial charge on any atom is -0.394 e. The lowest BCUT2D eigenvalue weighted by molar-refractivity contribution is -0.359. The van der Waals surface area contributed by atoms with Crippen LogP contribution in [-0.2, 0) is 23.7 Å². The van der Waals surface area contributed by atoms with Gasteiger partial charge in [-0.2, -0.15) is 0 Å². The molecular formula is C63H115NO13. The molecule has 2 saturated heterocycles. The maximum Gasteiger partial charge on any atom is 0.220 e. The molecule has 9 N–H and O–H groups in total. The minimum absolute atomic E-state index is 0.256. The van der Waals surface area contributed by atoms with Crippen molar-refractivity contribution in [2.75, 3.05) is 19.8 Å². The first-order valence-electron chi connectivity index (χ1n) is 31.4. The predicted octanol–water partition coefficient (Wildman–Crippen LogP) is 11.2. The van der Waals surface area contributed by atoms with E-state index >= 15 is 0 Å². The molecule has 450 valence electrons. The lowest BCUT2D eigenvalue weighted by Gasteiger charge is -2.46. The standard InChI is InChI=1S/C63H115NO13/c1-3-5-7-9-11-13-15-17-19-21-23-24-25-26-27-28-29-30-32-34-36-38-40-42-44-46-52(67)51(64-55(68)47-45-43-41-39-37-35-33-31-22-20-18-16-14-12-10-8-6-4-2)50-74-62-60(73)58(71)61(54(49-66)76-62)77-63-59(72)57(70)56(69)53(48-65)75-63/h14,16,20,22,36,38,44,46,51-54,56-63,65-67,69-73H,3-13,15,17-19,21,23-35,37,39-43,45,47-50H2,1-2H3,(H,64,68)/b16-14-,22-20-,38-36+,46-44+. The molecule has 0 aromatic carbocycles. The summed E-state index contributed by atoms with van der Waals surface area (Å²) in [4.78, 5) is 13.3. The van der Waals surface area contributed by atoms with E-state index in [9.17, 15) is 45.6 Å². The van der Waals surface area contributed by atoms with Gasteiger partial charge in [-0.25, -0.2) is 0 Å². The second-order valence-corrected chi connectivity index (χ2v) is 22.2. The van der Waals surface area contributed by atoms with Crippen molar-refractivity contribution in [3.63, 3.8) is 0 Å². The van der Waals surface area contributed by atoms with Crippen molar-refractivity contribution >= 4 is 5.91 Å². The van der Waals surface area contributed by atoms with Crippen molar-refractivity contribution < 1.29 is 64.6 Å². The van der Waals surface area contributed by atoms with Crippen molar-refractivity contribution in [1.82, 2.24) is 5.32 Å². The molecule has 12 atom stereocenters. The summed E-state index contributed by atoms with van der Waals surface area (Å²) in [5.41, 5.74) is 0. The quantitative estimate of drug-likeness (QED) is 0.0204. The van der Waals surface area contributed by atoms with Crippen LogP contribution >= 0.6 is 0 Å². The number of amides is 1. The number of carbonyl (C=O) groups excluding carboxylic acids is 1. The van der Waals surface area contributed by atoms with Gasteiger partial charge in [-0.05, 0) is 64.2 Å². The number of aliphatic hydroxyl groups excluding tert-OH is 8. The van der Waals surface area contributed by atoms with Crippen LogP contribution in [0.2, 0.25) is 0 Å². The molecule has 2 aliphatic rings. The monoisotopic (exact) mass is 1090 g/mol. The maximum atomic E-state index is 13.3. The highest BCUT2D eigenvalue weighted by molar-refractivity contribution is 5.76. The molecule has 0 saturated carbocycles. The van der Waals surface area contributed by atoms with Gasteiger partial charge >= 0.3 is 0 Å². The molecule has 2 fully saturated rings. The molecule has 14 nitrogen and oxygen atoms in total. The fraction of sp³-hybridized carbons (Fsp3) is 0.857. The summed E-state index contributed by atoms with van der Waals surface area (Å²) in [7, 11) is 0. The number of hydrogen-bond acceptors (Lipinski definition) is 13. The van der Waals surface area contributed by atoms with Crippen LogP contribution in [0.15, 0.2) is 48.6 Å². The smallest absolute Gasteiger partial charge is 0.220 e. The Kier molecular flexibility index (Phi) is 44.9. The Morgan fingerprint density at radius 1 is 0.468 bits per heavy atom. The predicted molar refractivity (Wildman–Crippen MR) is 309 cm³/mol. The third kappa shape index (κ3) is 34.1. The molecule has 0 aromatic rings. The number of nitrogens with one attached hydrogen (secondary N) is 1. The molecule has 2 rings (SSSR count). The Hall–Kier alpha value is -2.05. The lowest BCUT2D eigenvalue weighted by Crippen LogP contribution is -2.65. The minimum atomic E-state index is -1.79. The van der Waals surface area contributed by atoms with E-state index in [1.165, 1.54) is 167 Å². The summed E-state index contributed by atoms with van der Waals surface area (Å²) in [6.45, 7) is 2.78. The van der Waals surface area contributed by atoms with Crippen LogP contribution in [-0.4, -0.2) is 140 Å². The van der Waals surface area contributed by atoms with Crippen molar-refractivity contribution in [3.8, 4) is 0 Å². The van der Waals surface area contributed by atoms with E-state index in [4.69, 9.17) is 18.9 Å². The van der Waals surface area contributed by atoms with Gasteiger partial charge in [0.25, 0.3) is 0 Å². The summed E-state index contributed by atoms with van der Waals surface area (Å²) < 4.78 is 22.8. The van der Waals surface area contributed by atoms with Gasteiger partial charge in [0.2, 0.25) is 5.91 Å². The highest BCUT2D eigenvalue weighted by atomic mass is 16.7. The van der Waals surface area contributed by atoms with Crippen molar-refractivity contribution in [3.05, 3.63) is 48.6 Å². The second-order valence-electron chi connectivity index (χ2n) is 22.2. The van der Waals surface area contributed by atoms with E-state index in [0.717, 1.165) is 51.4 Å². The van der Waals surface area contributed by atoms with E-state index in [2.05, 4.69) is 55.6 Å². The number of allylic oxidation sites excluding steroid dienone is 7. The van der Waals surface area contributed by atoms with E-state index < -0.39 is 86.8 Å². The summed E-state index contributed by atoms with van der Waals surface area (Å²) in [5.74, 6) is -0.256. The average molecular weight is 1090 g/mol. The number of carbonyl (C=O) groups is 1. The Morgan fingerprint density at radius 3 is 1.36 bits per heavy atom. The van der Waals surface area contributed by atoms with Gasteiger partial charge in [-0.1, -0.05) is 229 Å². The zero-order valence-corrected chi connectivity index (χ0v) is 48.5. The van der Waals surface area contributed by atoms with Gasteiger partial charge in [-0.15, -0.1) is 0 Å². The fourth-order valence-corrected chi connectivity index (χ4v) is 10.2. The highest BCUT2D eigenvalue weighted by Crippen LogP contribution is 2.30. The van der Waals surface area contributed by atoms with Crippen molar-refractivity contribution in [2.45, 2.75) is 325 Å². The zero-order valence-electron chi connectivity index (χ0n) is 48.5.